The van der Waals surface area contributed by atoms with Crippen molar-refractivity contribution < 1.29 is 0 Å². The van der Waals surface area contributed by atoms with Gasteiger partial charge in [-0.1, -0.05) is 105 Å². The van der Waals surface area contributed by atoms with Crippen LogP contribution in [0.2, 0.25) is 0 Å². The van der Waals surface area contributed by atoms with Crippen molar-refractivity contribution in [2.24, 2.45) is 0 Å². The van der Waals surface area contributed by atoms with Gasteiger partial charge in [-0.05, 0) is 85.6 Å². The maximum absolute atomic E-state index is 2.48. The fourth-order valence-electron chi connectivity index (χ4n) is 6.53. The normalized spacial score (nSPS) is 13.7. The molecule has 0 nitrogen and oxygen atoms in total. The first-order chi connectivity index (χ1) is 18.6. The van der Waals surface area contributed by atoms with Crippen LogP contribution in [0.25, 0.3) is 64.3 Å². The Morgan fingerprint density at radius 3 is 1.97 bits per heavy atom. The highest BCUT2D eigenvalue weighted by Crippen LogP contribution is 2.54. The van der Waals surface area contributed by atoms with E-state index in [0.29, 0.717) is 0 Å². The summed E-state index contributed by atoms with van der Waals surface area (Å²) in [5.74, 6) is 0. The second-order valence-electron chi connectivity index (χ2n) is 11.0. The quantitative estimate of drug-likeness (QED) is 0.220. The van der Waals surface area contributed by atoms with Crippen LogP contribution in [-0.4, -0.2) is 0 Å². The molecular weight excluding hydrogens is 476 g/mol. The molecule has 0 atom stereocenters. The number of thiophene rings is 1. The first-order valence-electron chi connectivity index (χ1n) is 13.3. The van der Waals surface area contributed by atoms with Gasteiger partial charge in [0.05, 0.1) is 0 Å². The van der Waals surface area contributed by atoms with E-state index in [4.69, 9.17) is 0 Å². The Labute approximate surface area is 226 Å². The van der Waals surface area contributed by atoms with Gasteiger partial charge in [-0.3, -0.25) is 0 Å². The van der Waals surface area contributed by atoms with Crippen LogP contribution < -0.4 is 0 Å². The predicted octanol–water partition coefficient (Wildman–Crippen LogP) is 10.8. The summed E-state index contributed by atoms with van der Waals surface area (Å²) < 4.78 is 2.70. The molecule has 6 aromatic carbocycles. The van der Waals surface area contributed by atoms with Crippen molar-refractivity contribution >= 4 is 42.3 Å². The van der Waals surface area contributed by atoms with Crippen LogP contribution in [0.15, 0.2) is 121 Å². The van der Waals surface area contributed by atoms with Gasteiger partial charge in [0.25, 0.3) is 0 Å². The Kier molecular flexibility index (Phi) is 4.54. The van der Waals surface area contributed by atoms with E-state index in [9.17, 15) is 0 Å². The summed E-state index contributed by atoms with van der Waals surface area (Å²) in [7, 11) is 0. The molecule has 38 heavy (non-hydrogen) atoms. The fraction of sp³-hybridized carbons (Fsp3) is 0.0811. The lowest BCUT2D eigenvalue weighted by Crippen LogP contribution is -2.15. The van der Waals surface area contributed by atoms with Crippen molar-refractivity contribution in [3.05, 3.63) is 132 Å². The minimum Gasteiger partial charge on any atom is -0.135 e. The number of fused-ring (bicyclic) bond motifs is 8. The van der Waals surface area contributed by atoms with Gasteiger partial charge in [-0.15, -0.1) is 11.3 Å². The molecular formula is C37H26S. The van der Waals surface area contributed by atoms with E-state index < -0.39 is 0 Å². The van der Waals surface area contributed by atoms with E-state index in [0.717, 1.165) is 0 Å². The molecule has 8 rings (SSSR count). The van der Waals surface area contributed by atoms with Gasteiger partial charge in [0, 0.05) is 25.6 Å². The monoisotopic (exact) mass is 502 g/mol. The van der Waals surface area contributed by atoms with Gasteiger partial charge in [0.15, 0.2) is 0 Å². The molecule has 0 amide bonds. The molecule has 7 aromatic rings. The van der Waals surface area contributed by atoms with Crippen molar-refractivity contribution in [2.75, 3.05) is 0 Å². The predicted molar refractivity (Wildman–Crippen MR) is 165 cm³/mol. The maximum atomic E-state index is 2.48. The molecule has 0 fully saturated rings. The van der Waals surface area contributed by atoms with Crippen LogP contribution in [0, 0.1) is 0 Å². The molecule has 0 radical (unpaired) electrons. The number of benzene rings is 6. The lowest BCUT2D eigenvalue weighted by molar-refractivity contribution is 0.661. The van der Waals surface area contributed by atoms with E-state index in [1.165, 1.54) is 75.5 Å². The summed E-state index contributed by atoms with van der Waals surface area (Å²) >= 11 is 1.88. The molecule has 1 heteroatoms. The molecule has 1 aliphatic rings. The van der Waals surface area contributed by atoms with Crippen LogP contribution in [0.5, 0.6) is 0 Å². The Balaban J connectivity index is 1.38. The van der Waals surface area contributed by atoms with E-state index in [1.807, 2.05) is 11.3 Å². The molecule has 0 aliphatic heterocycles. The summed E-state index contributed by atoms with van der Waals surface area (Å²) in [5, 5.41) is 5.36. The van der Waals surface area contributed by atoms with E-state index in [-0.39, 0.29) is 5.41 Å². The SMILES string of the molecule is CC1(C)c2cc(-c3ccccc3)ccc2-c2c1cc(-c1ccc3sc4ccccc4c3c1)c1ccccc21. The van der Waals surface area contributed by atoms with Crippen LogP contribution in [0.4, 0.5) is 0 Å². The van der Waals surface area contributed by atoms with Crippen molar-refractivity contribution in [1.29, 1.82) is 0 Å². The lowest BCUT2D eigenvalue weighted by atomic mass is 9.80. The molecule has 0 spiro atoms. The first-order valence-corrected chi connectivity index (χ1v) is 14.1. The topological polar surface area (TPSA) is 0 Å². The highest BCUT2D eigenvalue weighted by Gasteiger charge is 2.37. The van der Waals surface area contributed by atoms with Crippen molar-refractivity contribution in [1.82, 2.24) is 0 Å². The van der Waals surface area contributed by atoms with Crippen LogP contribution >= 0.6 is 11.3 Å². The summed E-state index contributed by atoms with van der Waals surface area (Å²) in [5.41, 5.74) is 10.7. The summed E-state index contributed by atoms with van der Waals surface area (Å²) in [6.45, 7) is 4.78. The highest BCUT2D eigenvalue weighted by molar-refractivity contribution is 7.25. The average Bonchev–Trinajstić information content (AvgIpc) is 3.44. The molecule has 0 saturated carbocycles. The second-order valence-corrected chi connectivity index (χ2v) is 12.0. The standard InChI is InChI=1S/C37H26S/c1-37(2)32-21-24(23-10-4-3-5-11-23)16-18-29(32)36-28-14-7-6-12-26(28)30(22-33(36)37)25-17-19-35-31(20-25)27-13-8-9-15-34(27)38-35/h3-22H,1-2H3. The van der Waals surface area contributed by atoms with Gasteiger partial charge in [0.2, 0.25) is 0 Å². The highest BCUT2D eigenvalue weighted by atomic mass is 32.1. The van der Waals surface area contributed by atoms with E-state index in [1.54, 1.807) is 0 Å². The summed E-state index contributed by atoms with van der Waals surface area (Å²) in [6, 6.07) is 45.0. The van der Waals surface area contributed by atoms with Gasteiger partial charge < -0.3 is 0 Å². The van der Waals surface area contributed by atoms with Crippen molar-refractivity contribution in [3.8, 4) is 33.4 Å². The zero-order chi connectivity index (χ0) is 25.4. The van der Waals surface area contributed by atoms with Gasteiger partial charge in [-0.2, -0.15) is 0 Å². The lowest BCUT2D eigenvalue weighted by Gasteiger charge is -2.23. The molecule has 0 bridgehead atoms. The number of rotatable bonds is 2. The fourth-order valence-corrected chi connectivity index (χ4v) is 7.61. The third kappa shape index (κ3) is 3.03. The van der Waals surface area contributed by atoms with Crippen LogP contribution in [0.1, 0.15) is 25.0 Å². The third-order valence-electron chi connectivity index (χ3n) is 8.48. The van der Waals surface area contributed by atoms with Crippen LogP contribution in [0.3, 0.4) is 0 Å². The van der Waals surface area contributed by atoms with Gasteiger partial charge in [0.1, 0.15) is 0 Å². The minimum atomic E-state index is -0.0899. The van der Waals surface area contributed by atoms with Crippen LogP contribution in [-0.2, 0) is 5.41 Å². The van der Waals surface area contributed by atoms with E-state index >= 15 is 0 Å². The molecule has 1 aliphatic carbocycles. The third-order valence-corrected chi connectivity index (χ3v) is 9.63. The number of hydrogen-bond donors (Lipinski definition) is 0. The molecule has 1 heterocycles. The summed E-state index contributed by atoms with van der Waals surface area (Å²) in [4.78, 5) is 0. The Bertz CT molecular complexity index is 2040. The van der Waals surface area contributed by atoms with Crippen molar-refractivity contribution in [3.63, 3.8) is 0 Å². The Morgan fingerprint density at radius 2 is 1.13 bits per heavy atom. The zero-order valence-corrected chi connectivity index (χ0v) is 22.3. The molecule has 1 aromatic heterocycles. The average molecular weight is 503 g/mol. The zero-order valence-electron chi connectivity index (χ0n) is 21.5. The van der Waals surface area contributed by atoms with Crippen molar-refractivity contribution in [2.45, 2.75) is 19.3 Å². The first kappa shape index (κ1) is 21.8. The smallest absolute Gasteiger partial charge is 0.0355 e. The molecule has 0 unspecified atom stereocenters. The largest absolute Gasteiger partial charge is 0.135 e. The molecule has 0 N–H and O–H groups in total. The van der Waals surface area contributed by atoms with E-state index in [2.05, 4.69) is 135 Å². The number of hydrogen-bond acceptors (Lipinski definition) is 1. The summed E-state index contributed by atoms with van der Waals surface area (Å²) in [6.07, 6.45) is 0. The minimum absolute atomic E-state index is 0.0899. The Hall–Kier alpha value is -4.20. The van der Waals surface area contributed by atoms with Gasteiger partial charge in [-0.25, -0.2) is 0 Å². The van der Waals surface area contributed by atoms with Gasteiger partial charge >= 0.3 is 0 Å². The molecule has 180 valence electrons. The maximum Gasteiger partial charge on any atom is 0.0355 e. The second kappa shape index (κ2) is 7.90. The molecule has 0 saturated heterocycles. The Morgan fingerprint density at radius 1 is 0.447 bits per heavy atom.